The van der Waals surface area contributed by atoms with E-state index in [1.54, 1.807) is 11.6 Å². The van der Waals surface area contributed by atoms with Crippen LogP contribution in [0.1, 0.15) is 32.3 Å². The summed E-state index contributed by atoms with van der Waals surface area (Å²) in [6.45, 7) is 4.86. The zero-order valence-corrected chi connectivity index (χ0v) is 14.0. The molecule has 0 amide bonds. The largest absolute Gasteiger partial charge is 0.481 e. The summed E-state index contributed by atoms with van der Waals surface area (Å²) in [5.74, 6) is -0.748. The van der Waals surface area contributed by atoms with Gasteiger partial charge in [0.1, 0.15) is 0 Å². The molecule has 22 heavy (non-hydrogen) atoms. The minimum Gasteiger partial charge on any atom is -0.481 e. The first-order valence-corrected chi connectivity index (χ1v) is 8.27. The highest BCUT2D eigenvalue weighted by Gasteiger charge is 2.34. The molecule has 0 unspecified atom stereocenters. The van der Waals surface area contributed by atoms with Crippen molar-refractivity contribution < 1.29 is 9.90 Å². The van der Waals surface area contributed by atoms with Crippen LogP contribution in [0.4, 0.5) is 0 Å². The van der Waals surface area contributed by atoms with Gasteiger partial charge in [-0.15, -0.1) is 0 Å². The molecule has 0 atom stereocenters. The molecule has 2 aromatic rings. The Balaban J connectivity index is 2.09. The first-order chi connectivity index (χ1) is 10.4. The van der Waals surface area contributed by atoms with Gasteiger partial charge in [0, 0.05) is 20.1 Å². The first kappa shape index (κ1) is 16.7. The van der Waals surface area contributed by atoms with Gasteiger partial charge in [0.2, 0.25) is 0 Å². The van der Waals surface area contributed by atoms with Crippen LogP contribution in [0.25, 0.3) is 10.2 Å². The number of carboxylic acid groups (broad SMARTS) is 1. The Morgan fingerprint density at radius 2 is 2.05 bits per heavy atom. The summed E-state index contributed by atoms with van der Waals surface area (Å²) in [5, 5.41) is 12.7. The van der Waals surface area contributed by atoms with Crippen LogP contribution in [0.2, 0.25) is 0 Å². The van der Waals surface area contributed by atoms with Crippen molar-refractivity contribution in [2.24, 2.45) is 12.5 Å². The summed E-state index contributed by atoms with van der Waals surface area (Å²) in [7, 11) is 1.77. The molecule has 5 nitrogen and oxygen atoms in total. The lowest BCUT2D eigenvalue weighted by Crippen LogP contribution is -2.39. The third-order valence-corrected chi connectivity index (χ3v) is 5.45. The van der Waals surface area contributed by atoms with Crippen molar-refractivity contribution in [2.75, 3.05) is 6.54 Å². The van der Waals surface area contributed by atoms with Gasteiger partial charge in [-0.2, -0.15) is 0 Å². The van der Waals surface area contributed by atoms with Gasteiger partial charge in [-0.1, -0.05) is 31.3 Å². The molecular weight excluding hydrogens is 300 g/mol. The Hall–Kier alpha value is -1.66. The zero-order valence-electron chi connectivity index (χ0n) is 13.2. The number of carbonyl (C=O) groups is 1. The predicted octanol–water partition coefficient (Wildman–Crippen LogP) is 2.58. The molecular formula is C16H22N2O3S. The minimum atomic E-state index is -0.748. The monoisotopic (exact) mass is 322 g/mol. The Kier molecular flexibility index (Phi) is 5.03. The second-order valence-electron chi connectivity index (χ2n) is 5.63. The van der Waals surface area contributed by atoms with E-state index in [-0.39, 0.29) is 4.87 Å². The van der Waals surface area contributed by atoms with Crippen LogP contribution in [-0.4, -0.2) is 22.2 Å². The molecule has 2 N–H and O–H groups in total. The van der Waals surface area contributed by atoms with E-state index in [0.717, 1.165) is 15.8 Å². The maximum atomic E-state index is 11.6. The fraction of sp³-hybridized carbons (Fsp3) is 0.500. The quantitative estimate of drug-likeness (QED) is 0.822. The fourth-order valence-electron chi connectivity index (χ4n) is 2.61. The number of aryl methyl sites for hydroxylation is 1. The molecule has 0 radical (unpaired) electrons. The molecule has 1 heterocycles. The third kappa shape index (κ3) is 3.08. The number of fused-ring (bicyclic) bond motifs is 1. The molecule has 120 valence electrons. The van der Waals surface area contributed by atoms with E-state index in [1.165, 1.54) is 11.3 Å². The number of hydrogen-bond acceptors (Lipinski definition) is 4. The van der Waals surface area contributed by atoms with Gasteiger partial charge in [-0.3, -0.25) is 9.59 Å². The highest BCUT2D eigenvalue weighted by Crippen LogP contribution is 2.26. The average molecular weight is 322 g/mol. The van der Waals surface area contributed by atoms with Crippen LogP contribution in [-0.2, 0) is 18.4 Å². The van der Waals surface area contributed by atoms with Gasteiger partial charge in [0.05, 0.1) is 15.6 Å². The molecule has 0 fully saturated rings. The molecule has 1 aromatic carbocycles. The van der Waals surface area contributed by atoms with E-state index in [0.29, 0.717) is 25.9 Å². The Morgan fingerprint density at radius 3 is 2.64 bits per heavy atom. The van der Waals surface area contributed by atoms with Crippen LogP contribution in [0.15, 0.2) is 23.0 Å². The number of rotatable bonds is 7. The van der Waals surface area contributed by atoms with Crippen LogP contribution in [0.5, 0.6) is 0 Å². The fourth-order valence-corrected chi connectivity index (χ4v) is 3.56. The van der Waals surface area contributed by atoms with Gasteiger partial charge in [0.25, 0.3) is 0 Å². The van der Waals surface area contributed by atoms with E-state index < -0.39 is 11.4 Å². The van der Waals surface area contributed by atoms with E-state index in [2.05, 4.69) is 5.32 Å². The van der Waals surface area contributed by atoms with Crippen molar-refractivity contribution in [3.8, 4) is 0 Å². The van der Waals surface area contributed by atoms with Crippen molar-refractivity contribution in [3.63, 3.8) is 0 Å². The molecule has 0 saturated heterocycles. The lowest BCUT2D eigenvalue weighted by Gasteiger charge is -2.27. The number of carboxylic acids is 1. The topological polar surface area (TPSA) is 71.3 Å². The Labute approximate surface area is 133 Å². The molecule has 2 rings (SSSR count). The molecule has 0 bridgehead atoms. The van der Waals surface area contributed by atoms with Gasteiger partial charge in [-0.05, 0) is 30.5 Å². The minimum absolute atomic E-state index is 0.0296. The number of hydrogen-bond donors (Lipinski definition) is 2. The molecule has 0 aliphatic heterocycles. The smallest absolute Gasteiger partial charge is 0.310 e. The standard InChI is InChI=1S/C16H22N2O3S/c1-4-16(5-2,14(19)20)10-17-9-11-6-7-12-13(8-11)22-15(21)18(12)3/h6-8,17H,4-5,9-10H2,1-3H3,(H,19,20). The Bertz CT molecular complexity index is 729. The summed E-state index contributed by atoms with van der Waals surface area (Å²) in [6, 6.07) is 5.91. The lowest BCUT2D eigenvalue weighted by molar-refractivity contribution is -0.149. The highest BCUT2D eigenvalue weighted by atomic mass is 32.1. The summed E-state index contributed by atoms with van der Waals surface area (Å²) in [6.07, 6.45) is 1.20. The normalized spacial score (nSPS) is 12.0. The third-order valence-electron chi connectivity index (χ3n) is 4.46. The number of nitrogens with zero attached hydrogens (tertiary/aromatic N) is 1. The van der Waals surface area contributed by atoms with Crippen LogP contribution in [0.3, 0.4) is 0 Å². The number of aromatic nitrogens is 1. The lowest BCUT2D eigenvalue weighted by atomic mass is 9.82. The van der Waals surface area contributed by atoms with Gasteiger partial charge >= 0.3 is 10.8 Å². The zero-order chi connectivity index (χ0) is 16.3. The van der Waals surface area contributed by atoms with Crippen molar-refractivity contribution >= 4 is 27.5 Å². The molecule has 0 aliphatic rings. The number of nitrogens with one attached hydrogen (secondary N) is 1. The second-order valence-corrected chi connectivity index (χ2v) is 6.62. The van der Waals surface area contributed by atoms with Gasteiger partial charge in [-0.25, -0.2) is 0 Å². The highest BCUT2D eigenvalue weighted by molar-refractivity contribution is 7.16. The van der Waals surface area contributed by atoms with E-state index >= 15 is 0 Å². The summed E-state index contributed by atoms with van der Waals surface area (Å²) in [5.41, 5.74) is 1.28. The van der Waals surface area contributed by atoms with Crippen LogP contribution in [0, 0.1) is 5.41 Å². The van der Waals surface area contributed by atoms with Crippen LogP contribution < -0.4 is 10.2 Å². The van der Waals surface area contributed by atoms with E-state index in [1.807, 2.05) is 32.0 Å². The second kappa shape index (κ2) is 6.62. The summed E-state index contributed by atoms with van der Waals surface area (Å²) in [4.78, 5) is 23.1. The van der Waals surface area contributed by atoms with Crippen LogP contribution >= 0.6 is 11.3 Å². The number of aliphatic carboxylic acids is 1. The molecule has 1 aromatic heterocycles. The predicted molar refractivity (Wildman–Crippen MR) is 89.4 cm³/mol. The van der Waals surface area contributed by atoms with Gasteiger partial charge < -0.3 is 15.0 Å². The maximum Gasteiger partial charge on any atom is 0.310 e. The number of benzene rings is 1. The first-order valence-electron chi connectivity index (χ1n) is 7.46. The van der Waals surface area contributed by atoms with Crippen molar-refractivity contribution in [2.45, 2.75) is 33.2 Å². The van der Waals surface area contributed by atoms with E-state index in [4.69, 9.17) is 0 Å². The SMILES string of the molecule is CCC(CC)(CNCc1ccc2c(c1)sc(=O)n2C)C(=O)O. The average Bonchev–Trinajstić information content (AvgIpc) is 2.78. The summed E-state index contributed by atoms with van der Waals surface area (Å²) < 4.78 is 2.60. The van der Waals surface area contributed by atoms with Crippen molar-refractivity contribution in [1.82, 2.24) is 9.88 Å². The molecule has 0 aliphatic carbocycles. The number of thiazole rings is 1. The van der Waals surface area contributed by atoms with E-state index in [9.17, 15) is 14.7 Å². The Morgan fingerprint density at radius 1 is 1.36 bits per heavy atom. The molecule has 6 heteroatoms. The maximum absolute atomic E-state index is 11.6. The van der Waals surface area contributed by atoms with Crippen molar-refractivity contribution in [3.05, 3.63) is 33.4 Å². The summed E-state index contributed by atoms with van der Waals surface area (Å²) >= 11 is 1.23. The van der Waals surface area contributed by atoms with Gasteiger partial charge in [0.15, 0.2) is 0 Å². The molecule has 0 saturated carbocycles. The molecule has 0 spiro atoms. The van der Waals surface area contributed by atoms with Crippen molar-refractivity contribution in [1.29, 1.82) is 0 Å².